The van der Waals surface area contributed by atoms with Crippen LogP contribution in [-0.2, 0) is 16.2 Å². The lowest BCUT2D eigenvalue weighted by atomic mass is 10.1. The smallest absolute Gasteiger partial charge is 0.351 e. The highest BCUT2D eigenvalue weighted by molar-refractivity contribution is 5.29. The van der Waals surface area contributed by atoms with E-state index < -0.39 is 36.8 Å². The standard InChI is InChI=1S/C16H19N3O6/c20-8-11-13(21)14(22)15(25-11)19-7-6-12(17-16(19)23)18-24-9-10-4-2-1-3-5-10/h1-7,11,13-15,20-22H,8-9H2,(H,17,18,23)/t11-,13-,14-,15-/m1/s1/i17+1. The van der Waals surface area contributed by atoms with Crippen molar-refractivity contribution in [2.45, 2.75) is 31.1 Å². The summed E-state index contributed by atoms with van der Waals surface area (Å²) in [5.41, 5.74) is 2.84. The molecule has 1 aliphatic rings. The topological polar surface area (TPSA) is 126 Å². The van der Waals surface area contributed by atoms with Crippen LogP contribution in [0.1, 0.15) is 11.8 Å². The summed E-state index contributed by atoms with van der Waals surface area (Å²) in [6.45, 7) is -0.176. The average molecular weight is 350 g/mol. The van der Waals surface area contributed by atoms with Gasteiger partial charge in [-0.05, 0) is 11.6 Å². The van der Waals surface area contributed by atoms with E-state index in [-0.39, 0.29) is 5.82 Å². The molecule has 1 aromatic carbocycles. The summed E-state index contributed by atoms with van der Waals surface area (Å²) >= 11 is 0. The number of aromatic nitrogens is 2. The van der Waals surface area contributed by atoms with Gasteiger partial charge in [-0.15, -0.1) is 0 Å². The SMILES string of the molecule is O=c1[15n]c(NOCc2ccccc2)ccn1[C@@H]1O[C@H](CO)[C@@H](O)[C@H]1O. The number of hydrogen-bond acceptors (Lipinski definition) is 8. The van der Waals surface area contributed by atoms with Gasteiger partial charge in [0.2, 0.25) is 0 Å². The number of aliphatic hydroxyl groups excluding tert-OH is 3. The third kappa shape index (κ3) is 3.86. The lowest BCUT2D eigenvalue weighted by Gasteiger charge is -2.17. The molecule has 0 unspecified atom stereocenters. The summed E-state index contributed by atoms with van der Waals surface area (Å²) in [4.78, 5) is 21.2. The highest BCUT2D eigenvalue weighted by atomic mass is 16.6. The van der Waals surface area contributed by atoms with Crippen LogP contribution < -0.4 is 11.2 Å². The van der Waals surface area contributed by atoms with Gasteiger partial charge in [-0.25, -0.2) is 10.3 Å². The Labute approximate surface area is 143 Å². The van der Waals surface area contributed by atoms with Crippen molar-refractivity contribution in [3.63, 3.8) is 0 Å². The lowest BCUT2D eigenvalue weighted by Crippen LogP contribution is -2.36. The van der Waals surface area contributed by atoms with Crippen molar-refractivity contribution in [2.24, 2.45) is 0 Å². The first kappa shape index (κ1) is 17.5. The summed E-state index contributed by atoms with van der Waals surface area (Å²) in [5.74, 6) is 0.198. The van der Waals surface area contributed by atoms with Crippen LogP contribution in [0.2, 0.25) is 0 Å². The van der Waals surface area contributed by atoms with E-state index in [4.69, 9.17) is 14.7 Å². The van der Waals surface area contributed by atoms with Crippen LogP contribution in [0.25, 0.3) is 0 Å². The molecule has 0 radical (unpaired) electrons. The zero-order valence-electron chi connectivity index (χ0n) is 13.2. The van der Waals surface area contributed by atoms with Crippen LogP contribution in [0.3, 0.4) is 0 Å². The predicted octanol–water partition coefficient (Wildman–Crippen LogP) is -0.602. The Morgan fingerprint density at radius 2 is 1.96 bits per heavy atom. The van der Waals surface area contributed by atoms with Crippen molar-refractivity contribution in [2.75, 3.05) is 12.1 Å². The van der Waals surface area contributed by atoms with Crippen LogP contribution in [0, 0.1) is 0 Å². The van der Waals surface area contributed by atoms with Gasteiger partial charge in [0.1, 0.15) is 18.3 Å². The molecular formula is C16H19N3O6. The van der Waals surface area contributed by atoms with Crippen LogP contribution >= 0.6 is 0 Å². The van der Waals surface area contributed by atoms with Crippen LogP contribution in [-0.4, -0.2) is 49.8 Å². The maximum Gasteiger partial charge on any atom is 0.351 e. The van der Waals surface area contributed by atoms with Gasteiger partial charge >= 0.3 is 5.69 Å². The fraction of sp³-hybridized carbons (Fsp3) is 0.375. The number of nitrogens with zero attached hydrogens (tertiary/aromatic N) is 2. The molecule has 0 bridgehead atoms. The summed E-state index contributed by atoms with van der Waals surface area (Å²) in [7, 11) is 0. The number of aliphatic hydroxyl groups is 3. The van der Waals surface area contributed by atoms with Gasteiger partial charge in [0.15, 0.2) is 12.0 Å². The fourth-order valence-corrected chi connectivity index (χ4v) is 2.54. The third-order valence-electron chi connectivity index (χ3n) is 3.88. The first-order valence-corrected chi connectivity index (χ1v) is 7.73. The minimum Gasteiger partial charge on any atom is -0.394 e. The molecule has 134 valence electrons. The summed E-state index contributed by atoms with van der Waals surface area (Å²) in [5, 5.41) is 28.8. The second-order valence-corrected chi connectivity index (χ2v) is 5.61. The molecule has 0 amide bonds. The Morgan fingerprint density at radius 3 is 2.60 bits per heavy atom. The highest BCUT2D eigenvalue weighted by Gasteiger charge is 2.43. The monoisotopic (exact) mass is 350 g/mol. The molecule has 1 aliphatic heterocycles. The van der Waals surface area contributed by atoms with Crippen molar-refractivity contribution >= 4 is 5.82 Å². The Kier molecular flexibility index (Phi) is 5.41. The normalized spacial score (nSPS) is 25.9. The molecule has 1 saturated heterocycles. The minimum absolute atomic E-state index is 0.198. The van der Waals surface area contributed by atoms with Gasteiger partial charge in [-0.3, -0.25) is 9.40 Å². The Hall–Kier alpha value is -2.30. The van der Waals surface area contributed by atoms with E-state index in [0.29, 0.717) is 6.61 Å². The van der Waals surface area contributed by atoms with E-state index in [2.05, 4.69) is 10.5 Å². The van der Waals surface area contributed by atoms with Gasteiger partial charge in [-0.1, -0.05) is 30.3 Å². The molecule has 1 fully saturated rings. The third-order valence-corrected chi connectivity index (χ3v) is 3.88. The van der Waals surface area contributed by atoms with Gasteiger partial charge in [0.25, 0.3) is 0 Å². The van der Waals surface area contributed by atoms with E-state index in [0.717, 1.165) is 10.1 Å². The van der Waals surface area contributed by atoms with Gasteiger partial charge in [0.05, 0.1) is 13.2 Å². The number of benzene rings is 1. The van der Waals surface area contributed by atoms with E-state index in [1.165, 1.54) is 12.3 Å². The zero-order valence-corrected chi connectivity index (χ0v) is 13.2. The van der Waals surface area contributed by atoms with Crippen molar-refractivity contribution in [3.8, 4) is 0 Å². The molecular weight excluding hydrogens is 331 g/mol. The fourth-order valence-electron chi connectivity index (χ4n) is 2.54. The predicted molar refractivity (Wildman–Crippen MR) is 86.4 cm³/mol. The number of rotatable bonds is 6. The molecule has 4 atom stereocenters. The summed E-state index contributed by atoms with van der Waals surface area (Å²) in [6.07, 6.45) is -3.34. The molecule has 0 spiro atoms. The Balaban J connectivity index is 1.64. The molecule has 9 heteroatoms. The van der Waals surface area contributed by atoms with Gasteiger partial charge in [-0.2, -0.15) is 4.98 Å². The van der Waals surface area contributed by atoms with Crippen LogP contribution in [0.5, 0.6) is 0 Å². The number of anilines is 1. The van der Waals surface area contributed by atoms with Crippen molar-refractivity contribution in [3.05, 3.63) is 58.6 Å². The van der Waals surface area contributed by atoms with E-state index >= 15 is 0 Å². The number of nitrogens with one attached hydrogen (secondary N) is 1. The number of ether oxygens (including phenoxy) is 1. The van der Waals surface area contributed by atoms with E-state index in [9.17, 15) is 15.0 Å². The maximum absolute atomic E-state index is 12.1. The molecule has 1 aromatic heterocycles. The zero-order chi connectivity index (χ0) is 17.8. The second-order valence-electron chi connectivity index (χ2n) is 5.61. The van der Waals surface area contributed by atoms with E-state index in [1.54, 1.807) is 0 Å². The largest absolute Gasteiger partial charge is 0.394 e. The van der Waals surface area contributed by atoms with Crippen molar-refractivity contribution in [1.82, 2.24) is 9.55 Å². The first-order valence-electron chi connectivity index (χ1n) is 7.73. The molecule has 4 N–H and O–H groups in total. The number of hydrogen-bond donors (Lipinski definition) is 4. The molecule has 3 rings (SSSR count). The Morgan fingerprint density at radius 1 is 1.20 bits per heavy atom. The first-order chi connectivity index (χ1) is 12.1. The molecule has 0 aliphatic carbocycles. The Bertz CT molecular complexity index is 753. The van der Waals surface area contributed by atoms with Crippen LogP contribution in [0.15, 0.2) is 47.4 Å². The second kappa shape index (κ2) is 7.72. The molecule has 0 saturated carbocycles. The highest BCUT2D eigenvalue weighted by Crippen LogP contribution is 2.28. The maximum atomic E-state index is 12.1. The molecule has 2 heterocycles. The van der Waals surface area contributed by atoms with Crippen molar-refractivity contribution < 1.29 is 24.9 Å². The summed E-state index contributed by atoms with van der Waals surface area (Å²) in [6, 6.07) is 10.9. The molecule has 9 nitrogen and oxygen atoms in total. The van der Waals surface area contributed by atoms with E-state index in [1.807, 2.05) is 30.3 Å². The van der Waals surface area contributed by atoms with Crippen LogP contribution in [0.4, 0.5) is 5.82 Å². The average Bonchev–Trinajstić information content (AvgIpc) is 2.91. The van der Waals surface area contributed by atoms with Gasteiger partial charge in [0, 0.05) is 6.20 Å². The lowest BCUT2D eigenvalue weighted by molar-refractivity contribution is -0.0549. The minimum atomic E-state index is -1.34. The quantitative estimate of drug-likeness (QED) is 0.509. The molecule has 2 aromatic rings. The van der Waals surface area contributed by atoms with Gasteiger partial charge < -0.3 is 20.1 Å². The molecule has 25 heavy (non-hydrogen) atoms. The van der Waals surface area contributed by atoms with Crippen molar-refractivity contribution in [1.29, 1.82) is 0 Å². The summed E-state index contributed by atoms with van der Waals surface area (Å²) < 4.78 is 6.35.